The zero-order valence-corrected chi connectivity index (χ0v) is 11.0. The minimum Gasteiger partial charge on any atom is -0.396 e. The van der Waals surface area contributed by atoms with E-state index < -0.39 is 0 Å². The lowest BCUT2D eigenvalue weighted by molar-refractivity contribution is -0.384. The molecule has 0 saturated heterocycles. The number of hydrogen-bond acceptors (Lipinski definition) is 4. The summed E-state index contributed by atoms with van der Waals surface area (Å²) in [5, 5.41) is 23.5. The van der Waals surface area contributed by atoms with E-state index in [1.165, 1.54) is 18.9 Å². The van der Waals surface area contributed by atoms with Gasteiger partial charge in [-0.1, -0.05) is 25.0 Å². The van der Waals surface area contributed by atoms with E-state index in [9.17, 15) is 15.2 Å². The maximum absolute atomic E-state index is 10.7. The van der Waals surface area contributed by atoms with E-state index in [-0.39, 0.29) is 22.6 Å². The Morgan fingerprint density at radius 3 is 2.74 bits per heavy atom. The van der Waals surface area contributed by atoms with Crippen molar-refractivity contribution >= 4 is 5.69 Å². The Morgan fingerprint density at radius 2 is 2.11 bits per heavy atom. The van der Waals surface area contributed by atoms with Crippen molar-refractivity contribution in [2.45, 2.75) is 32.2 Å². The Morgan fingerprint density at radius 1 is 1.37 bits per heavy atom. The highest BCUT2D eigenvalue weighted by molar-refractivity contribution is 5.34. The number of nitro groups is 1. The molecule has 0 spiro atoms. The van der Waals surface area contributed by atoms with Gasteiger partial charge >= 0.3 is 0 Å². The summed E-state index contributed by atoms with van der Waals surface area (Å²) in [5.41, 5.74) is 1.04. The molecule has 1 aliphatic carbocycles. The highest BCUT2D eigenvalue weighted by Gasteiger charge is 2.32. The van der Waals surface area contributed by atoms with Gasteiger partial charge in [0, 0.05) is 37.2 Å². The van der Waals surface area contributed by atoms with Gasteiger partial charge in [-0.05, 0) is 18.4 Å². The van der Waals surface area contributed by atoms with Crippen molar-refractivity contribution in [1.29, 1.82) is 0 Å². The molecule has 0 unspecified atom stereocenters. The molecule has 2 rings (SSSR count). The summed E-state index contributed by atoms with van der Waals surface area (Å²) in [6, 6.07) is 6.66. The molecule has 0 aliphatic heterocycles. The first-order valence-electron chi connectivity index (χ1n) is 6.70. The molecule has 1 saturated carbocycles. The van der Waals surface area contributed by atoms with Gasteiger partial charge in [0.2, 0.25) is 0 Å². The fourth-order valence-corrected chi connectivity index (χ4v) is 2.77. The van der Waals surface area contributed by atoms with Crippen LogP contribution in [0.4, 0.5) is 5.69 Å². The van der Waals surface area contributed by atoms with Crippen LogP contribution in [0.25, 0.3) is 0 Å². The molecule has 0 aromatic heterocycles. The molecule has 19 heavy (non-hydrogen) atoms. The molecule has 0 heterocycles. The van der Waals surface area contributed by atoms with Crippen LogP contribution in [0.1, 0.15) is 31.2 Å². The lowest BCUT2D eigenvalue weighted by atomic mass is 9.87. The molecule has 104 valence electrons. The predicted octanol–water partition coefficient (Wildman–Crippen LogP) is 2.24. The number of benzene rings is 1. The average molecular weight is 264 g/mol. The van der Waals surface area contributed by atoms with Crippen LogP contribution in [0.2, 0.25) is 0 Å². The van der Waals surface area contributed by atoms with E-state index in [0.29, 0.717) is 6.54 Å². The summed E-state index contributed by atoms with van der Waals surface area (Å²) >= 11 is 0. The fourth-order valence-electron chi connectivity index (χ4n) is 2.77. The van der Waals surface area contributed by atoms with Crippen LogP contribution in [-0.2, 0) is 6.54 Å². The number of non-ortho nitro benzene ring substituents is 1. The fraction of sp³-hybridized carbons (Fsp3) is 0.571. The lowest BCUT2D eigenvalue weighted by Crippen LogP contribution is -2.34. The van der Waals surface area contributed by atoms with Gasteiger partial charge in [-0.15, -0.1) is 0 Å². The van der Waals surface area contributed by atoms with Gasteiger partial charge in [0.15, 0.2) is 0 Å². The summed E-state index contributed by atoms with van der Waals surface area (Å²) in [4.78, 5) is 10.3. The zero-order chi connectivity index (χ0) is 13.7. The molecule has 1 aromatic carbocycles. The van der Waals surface area contributed by atoms with Crippen molar-refractivity contribution in [3.63, 3.8) is 0 Å². The summed E-state index contributed by atoms with van der Waals surface area (Å²) in [5.74, 6) is 0. The van der Waals surface area contributed by atoms with E-state index in [1.807, 2.05) is 6.07 Å². The SMILES string of the molecule is O=[N+]([O-])c1cccc(CNCC2(CO)CCCC2)c1. The second kappa shape index (κ2) is 6.12. The van der Waals surface area contributed by atoms with Crippen molar-refractivity contribution in [3.05, 3.63) is 39.9 Å². The normalized spacial score (nSPS) is 17.5. The molecule has 5 nitrogen and oxygen atoms in total. The van der Waals surface area contributed by atoms with Gasteiger partial charge in [0.1, 0.15) is 0 Å². The Kier molecular flexibility index (Phi) is 4.50. The molecule has 2 N–H and O–H groups in total. The number of nitrogens with one attached hydrogen (secondary N) is 1. The highest BCUT2D eigenvalue weighted by atomic mass is 16.6. The van der Waals surface area contributed by atoms with Crippen LogP contribution < -0.4 is 5.32 Å². The molecule has 0 bridgehead atoms. The molecular weight excluding hydrogens is 244 g/mol. The first-order chi connectivity index (χ1) is 9.15. The molecule has 5 heteroatoms. The monoisotopic (exact) mass is 264 g/mol. The first kappa shape index (κ1) is 14.0. The Hall–Kier alpha value is -1.46. The van der Waals surface area contributed by atoms with Crippen LogP contribution >= 0.6 is 0 Å². The number of aliphatic hydroxyl groups is 1. The van der Waals surface area contributed by atoms with Gasteiger partial charge in [-0.2, -0.15) is 0 Å². The zero-order valence-electron chi connectivity index (χ0n) is 11.0. The average Bonchev–Trinajstić information content (AvgIpc) is 2.88. The topological polar surface area (TPSA) is 75.4 Å². The summed E-state index contributed by atoms with van der Waals surface area (Å²) < 4.78 is 0. The van der Waals surface area contributed by atoms with Crippen molar-refractivity contribution in [2.75, 3.05) is 13.2 Å². The van der Waals surface area contributed by atoms with E-state index in [4.69, 9.17) is 0 Å². The van der Waals surface area contributed by atoms with Crippen molar-refractivity contribution in [1.82, 2.24) is 5.32 Å². The molecule has 1 aromatic rings. The standard InChI is InChI=1S/C14H20N2O3/c17-11-14(6-1-2-7-14)10-15-9-12-4-3-5-13(8-12)16(18)19/h3-5,8,15,17H,1-2,6-7,9-11H2. The number of aliphatic hydroxyl groups excluding tert-OH is 1. The largest absolute Gasteiger partial charge is 0.396 e. The quantitative estimate of drug-likeness (QED) is 0.610. The second-order valence-electron chi connectivity index (χ2n) is 5.40. The Labute approximate surface area is 112 Å². The van der Waals surface area contributed by atoms with E-state index in [2.05, 4.69) is 5.32 Å². The minimum atomic E-state index is -0.379. The first-order valence-corrected chi connectivity index (χ1v) is 6.70. The van der Waals surface area contributed by atoms with Gasteiger partial charge in [0.25, 0.3) is 5.69 Å². The molecule has 1 fully saturated rings. The van der Waals surface area contributed by atoms with Gasteiger partial charge < -0.3 is 10.4 Å². The maximum Gasteiger partial charge on any atom is 0.269 e. The van der Waals surface area contributed by atoms with Gasteiger partial charge in [-0.3, -0.25) is 10.1 Å². The molecule has 0 atom stereocenters. The smallest absolute Gasteiger partial charge is 0.269 e. The maximum atomic E-state index is 10.7. The lowest BCUT2D eigenvalue weighted by Gasteiger charge is -2.26. The van der Waals surface area contributed by atoms with E-state index >= 15 is 0 Å². The third-order valence-electron chi connectivity index (χ3n) is 3.95. The molecular formula is C14H20N2O3. The molecule has 1 aliphatic rings. The Bertz CT molecular complexity index is 442. The summed E-state index contributed by atoms with van der Waals surface area (Å²) in [6.07, 6.45) is 4.48. The van der Waals surface area contributed by atoms with Crippen LogP contribution in [0.3, 0.4) is 0 Å². The molecule has 0 radical (unpaired) electrons. The minimum absolute atomic E-state index is 0.0146. The van der Waals surface area contributed by atoms with Crippen molar-refractivity contribution in [3.8, 4) is 0 Å². The number of nitrogens with zero attached hydrogens (tertiary/aromatic N) is 1. The third kappa shape index (κ3) is 3.52. The van der Waals surface area contributed by atoms with Crippen LogP contribution in [-0.4, -0.2) is 23.2 Å². The summed E-state index contributed by atoms with van der Waals surface area (Å²) in [6.45, 7) is 1.59. The van der Waals surface area contributed by atoms with E-state index in [0.717, 1.165) is 24.9 Å². The second-order valence-corrected chi connectivity index (χ2v) is 5.40. The third-order valence-corrected chi connectivity index (χ3v) is 3.95. The molecule has 0 amide bonds. The van der Waals surface area contributed by atoms with Crippen LogP contribution in [0.15, 0.2) is 24.3 Å². The van der Waals surface area contributed by atoms with Crippen LogP contribution in [0, 0.1) is 15.5 Å². The number of nitro benzene ring substituents is 1. The highest BCUT2D eigenvalue weighted by Crippen LogP contribution is 2.36. The number of rotatable bonds is 6. The van der Waals surface area contributed by atoms with E-state index in [1.54, 1.807) is 12.1 Å². The van der Waals surface area contributed by atoms with Crippen molar-refractivity contribution < 1.29 is 10.0 Å². The van der Waals surface area contributed by atoms with Crippen LogP contribution in [0.5, 0.6) is 0 Å². The van der Waals surface area contributed by atoms with Gasteiger partial charge in [-0.25, -0.2) is 0 Å². The summed E-state index contributed by atoms with van der Waals surface area (Å²) in [7, 11) is 0. The Balaban J connectivity index is 1.88. The van der Waals surface area contributed by atoms with Gasteiger partial charge in [0.05, 0.1) is 4.92 Å². The predicted molar refractivity (Wildman–Crippen MR) is 72.8 cm³/mol. The number of hydrogen-bond donors (Lipinski definition) is 2. The van der Waals surface area contributed by atoms with Crippen molar-refractivity contribution in [2.24, 2.45) is 5.41 Å².